The zero-order chi connectivity index (χ0) is 12.4. The standard InChI is InChI=1S/C14H21NO2/c1-9(2)7-12(15)14(16)11-3-4-13-10(8-11)5-6-17-13/h3-4,8-9,12,14,16H,5-7,15H2,1-2H3. The van der Waals surface area contributed by atoms with Crippen molar-refractivity contribution in [1.29, 1.82) is 0 Å². The number of aliphatic hydroxyl groups excluding tert-OH is 1. The van der Waals surface area contributed by atoms with Gasteiger partial charge in [0.15, 0.2) is 0 Å². The molecule has 1 aliphatic heterocycles. The lowest BCUT2D eigenvalue weighted by Crippen LogP contribution is -2.29. The molecule has 0 aromatic heterocycles. The van der Waals surface area contributed by atoms with Gasteiger partial charge < -0.3 is 15.6 Å². The predicted octanol–water partition coefficient (Wildman–Crippen LogP) is 2.03. The lowest BCUT2D eigenvalue weighted by atomic mass is 9.94. The van der Waals surface area contributed by atoms with Gasteiger partial charge in [-0.15, -0.1) is 0 Å². The van der Waals surface area contributed by atoms with Gasteiger partial charge in [-0.1, -0.05) is 19.9 Å². The molecule has 94 valence electrons. The summed E-state index contributed by atoms with van der Waals surface area (Å²) in [6.45, 7) is 4.97. The maximum absolute atomic E-state index is 10.2. The average Bonchev–Trinajstić information content (AvgIpc) is 2.73. The molecule has 2 unspecified atom stereocenters. The van der Waals surface area contributed by atoms with Crippen LogP contribution in [0.3, 0.4) is 0 Å². The van der Waals surface area contributed by atoms with Gasteiger partial charge in [-0.25, -0.2) is 0 Å². The van der Waals surface area contributed by atoms with Gasteiger partial charge in [0.1, 0.15) is 5.75 Å². The highest BCUT2D eigenvalue weighted by molar-refractivity contribution is 5.40. The summed E-state index contributed by atoms with van der Waals surface area (Å²) >= 11 is 0. The van der Waals surface area contributed by atoms with Crippen molar-refractivity contribution in [2.75, 3.05) is 6.61 Å². The van der Waals surface area contributed by atoms with Gasteiger partial charge in [-0.3, -0.25) is 0 Å². The second-order valence-electron chi connectivity index (χ2n) is 5.20. The summed E-state index contributed by atoms with van der Waals surface area (Å²) in [5.41, 5.74) is 8.10. The average molecular weight is 235 g/mol. The van der Waals surface area contributed by atoms with E-state index >= 15 is 0 Å². The summed E-state index contributed by atoms with van der Waals surface area (Å²) in [5.74, 6) is 1.44. The molecule has 0 amide bonds. The summed E-state index contributed by atoms with van der Waals surface area (Å²) < 4.78 is 5.45. The van der Waals surface area contributed by atoms with Crippen LogP contribution in [-0.2, 0) is 6.42 Å². The Hall–Kier alpha value is -1.06. The Bertz CT molecular complexity index is 390. The Kier molecular flexibility index (Phi) is 3.69. The molecule has 2 atom stereocenters. The monoisotopic (exact) mass is 235 g/mol. The first kappa shape index (κ1) is 12.4. The molecular formula is C14H21NO2. The summed E-state index contributed by atoms with van der Waals surface area (Å²) in [7, 11) is 0. The van der Waals surface area contributed by atoms with Crippen molar-refractivity contribution in [1.82, 2.24) is 0 Å². The molecule has 1 heterocycles. The van der Waals surface area contributed by atoms with Crippen molar-refractivity contribution >= 4 is 0 Å². The van der Waals surface area contributed by atoms with Crippen molar-refractivity contribution in [2.24, 2.45) is 11.7 Å². The number of hydrogen-bond acceptors (Lipinski definition) is 3. The summed E-state index contributed by atoms with van der Waals surface area (Å²) in [5, 5.41) is 10.2. The van der Waals surface area contributed by atoms with E-state index in [0.717, 1.165) is 30.8 Å². The first-order chi connectivity index (χ1) is 8.08. The molecule has 1 aliphatic rings. The fraction of sp³-hybridized carbons (Fsp3) is 0.571. The van der Waals surface area contributed by atoms with E-state index in [-0.39, 0.29) is 6.04 Å². The van der Waals surface area contributed by atoms with Crippen LogP contribution >= 0.6 is 0 Å². The van der Waals surface area contributed by atoms with Crippen LogP contribution in [0, 0.1) is 5.92 Å². The largest absolute Gasteiger partial charge is 0.493 e. The number of benzene rings is 1. The Morgan fingerprint density at radius 3 is 2.88 bits per heavy atom. The minimum Gasteiger partial charge on any atom is -0.493 e. The van der Waals surface area contributed by atoms with Crippen molar-refractivity contribution in [3.8, 4) is 5.75 Å². The highest BCUT2D eigenvalue weighted by Crippen LogP contribution is 2.29. The van der Waals surface area contributed by atoms with Crippen molar-refractivity contribution in [3.05, 3.63) is 29.3 Å². The molecule has 17 heavy (non-hydrogen) atoms. The lowest BCUT2D eigenvalue weighted by molar-refractivity contribution is 0.136. The number of nitrogens with two attached hydrogens (primary N) is 1. The summed E-state index contributed by atoms with van der Waals surface area (Å²) in [6, 6.07) is 5.67. The molecule has 1 aromatic rings. The normalized spacial score (nSPS) is 17.7. The van der Waals surface area contributed by atoms with Crippen LogP contribution in [0.25, 0.3) is 0 Å². The van der Waals surface area contributed by atoms with Crippen LogP contribution in [0.4, 0.5) is 0 Å². The van der Waals surface area contributed by atoms with Gasteiger partial charge in [-0.05, 0) is 35.6 Å². The topological polar surface area (TPSA) is 55.5 Å². The third-order valence-electron chi connectivity index (χ3n) is 3.20. The maximum Gasteiger partial charge on any atom is 0.122 e. The fourth-order valence-electron chi connectivity index (χ4n) is 2.31. The maximum atomic E-state index is 10.2. The molecule has 1 aromatic carbocycles. The molecule has 0 saturated heterocycles. The molecule has 3 heteroatoms. The Labute approximate surface area is 103 Å². The number of rotatable bonds is 4. The summed E-state index contributed by atoms with van der Waals surface area (Å²) in [6.07, 6.45) is 1.17. The van der Waals surface area contributed by atoms with Gasteiger partial charge in [0.2, 0.25) is 0 Å². The van der Waals surface area contributed by atoms with E-state index in [9.17, 15) is 5.11 Å². The second kappa shape index (κ2) is 5.07. The SMILES string of the molecule is CC(C)CC(N)C(O)c1ccc2c(c1)CCO2. The Balaban J connectivity index is 2.11. The molecule has 0 saturated carbocycles. The zero-order valence-electron chi connectivity index (χ0n) is 10.5. The van der Waals surface area contributed by atoms with Crippen LogP contribution in [0.1, 0.15) is 37.5 Å². The van der Waals surface area contributed by atoms with Gasteiger partial charge >= 0.3 is 0 Å². The molecule has 0 radical (unpaired) electrons. The van der Waals surface area contributed by atoms with E-state index in [1.54, 1.807) is 0 Å². The predicted molar refractivity (Wildman–Crippen MR) is 68.0 cm³/mol. The molecule has 3 nitrogen and oxygen atoms in total. The second-order valence-corrected chi connectivity index (χ2v) is 5.20. The van der Waals surface area contributed by atoms with Crippen LogP contribution in [0.5, 0.6) is 5.75 Å². The minimum atomic E-state index is -0.580. The van der Waals surface area contributed by atoms with Gasteiger partial charge in [-0.2, -0.15) is 0 Å². The van der Waals surface area contributed by atoms with Crippen molar-refractivity contribution in [3.63, 3.8) is 0 Å². The van der Waals surface area contributed by atoms with E-state index in [1.807, 2.05) is 18.2 Å². The highest BCUT2D eigenvalue weighted by Gasteiger charge is 2.20. The molecule has 0 aliphatic carbocycles. The third-order valence-corrected chi connectivity index (χ3v) is 3.20. The highest BCUT2D eigenvalue weighted by atomic mass is 16.5. The van der Waals surface area contributed by atoms with Gasteiger partial charge in [0, 0.05) is 12.5 Å². The van der Waals surface area contributed by atoms with E-state index in [2.05, 4.69) is 13.8 Å². The Morgan fingerprint density at radius 1 is 1.41 bits per heavy atom. The number of aliphatic hydroxyl groups is 1. The van der Waals surface area contributed by atoms with Crippen LogP contribution in [-0.4, -0.2) is 17.8 Å². The first-order valence-electron chi connectivity index (χ1n) is 6.27. The summed E-state index contributed by atoms with van der Waals surface area (Å²) in [4.78, 5) is 0. The quantitative estimate of drug-likeness (QED) is 0.839. The first-order valence-corrected chi connectivity index (χ1v) is 6.27. The third kappa shape index (κ3) is 2.79. The van der Waals surface area contributed by atoms with Gasteiger partial charge in [0.05, 0.1) is 12.7 Å². The molecule has 0 bridgehead atoms. The van der Waals surface area contributed by atoms with E-state index in [1.165, 1.54) is 5.56 Å². The zero-order valence-corrected chi connectivity index (χ0v) is 10.5. The number of ether oxygens (including phenoxy) is 1. The smallest absolute Gasteiger partial charge is 0.122 e. The number of hydrogen-bond donors (Lipinski definition) is 2. The fourth-order valence-corrected chi connectivity index (χ4v) is 2.31. The van der Waals surface area contributed by atoms with Crippen LogP contribution in [0.2, 0.25) is 0 Å². The Morgan fingerprint density at radius 2 is 2.18 bits per heavy atom. The van der Waals surface area contributed by atoms with E-state index in [4.69, 9.17) is 10.5 Å². The van der Waals surface area contributed by atoms with Crippen LogP contribution in [0.15, 0.2) is 18.2 Å². The lowest BCUT2D eigenvalue weighted by Gasteiger charge is -2.21. The van der Waals surface area contributed by atoms with Crippen molar-refractivity contribution in [2.45, 2.75) is 38.8 Å². The van der Waals surface area contributed by atoms with Crippen LogP contribution < -0.4 is 10.5 Å². The van der Waals surface area contributed by atoms with Gasteiger partial charge in [0.25, 0.3) is 0 Å². The van der Waals surface area contributed by atoms with E-state index in [0.29, 0.717) is 5.92 Å². The van der Waals surface area contributed by atoms with Crippen molar-refractivity contribution < 1.29 is 9.84 Å². The van der Waals surface area contributed by atoms with E-state index < -0.39 is 6.10 Å². The molecule has 0 fully saturated rings. The molecule has 3 N–H and O–H groups in total. The number of fused-ring (bicyclic) bond motifs is 1. The molecular weight excluding hydrogens is 214 g/mol. The molecule has 2 rings (SSSR count). The minimum absolute atomic E-state index is 0.199. The molecule has 0 spiro atoms.